The van der Waals surface area contributed by atoms with E-state index in [0.29, 0.717) is 6.54 Å². The Hall–Kier alpha value is -2.54. The molecule has 7 heteroatoms. The first kappa shape index (κ1) is 16.3. The first-order chi connectivity index (χ1) is 11.6. The molecular formula is C17H20FN5O. The zero-order valence-corrected chi connectivity index (χ0v) is 13.6. The molecule has 0 unspecified atom stereocenters. The maximum atomic E-state index is 12.9. The Morgan fingerprint density at radius 2 is 1.83 bits per heavy atom. The maximum Gasteiger partial charge on any atom is 0.271 e. The number of carbonyl (C=O) groups excluding carboxylic acids is 1. The summed E-state index contributed by atoms with van der Waals surface area (Å²) in [6, 6.07) is 6.01. The highest BCUT2D eigenvalue weighted by molar-refractivity contribution is 5.91. The Bertz CT molecular complexity index is 681. The number of halogens is 1. The lowest BCUT2D eigenvalue weighted by atomic mass is 10.2. The molecule has 24 heavy (non-hydrogen) atoms. The number of carbonyl (C=O) groups is 1. The molecule has 2 aromatic rings. The molecule has 1 aliphatic heterocycles. The van der Waals surface area contributed by atoms with Crippen molar-refractivity contribution in [3.8, 4) is 0 Å². The van der Waals surface area contributed by atoms with E-state index < -0.39 is 0 Å². The van der Waals surface area contributed by atoms with Gasteiger partial charge in [0, 0.05) is 32.7 Å². The average Bonchev–Trinajstić information content (AvgIpc) is 2.62. The summed E-state index contributed by atoms with van der Waals surface area (Å²) in [5, 5.41) is 2.76. The van der Waals surface area contributed by atoms with Gasteiger partial charge < -0.3 is 15.1 Å². The van der Waals surface area contributed by atoms with Crippen LogP contribution in [0.4, 0.5) is 10.2 Å². The molecule has 1 aromatic carbocycles. The quantitative estimate of drug-likeness (QED) is 0.916. The lowest BCUT2D eigenvalue weighted by molar-refractivity contribution is 0.0945. The largest absolute Gasteiger partial charge is 0.353 e. The van der Waals surface area contributed by atoms with Gasteiger partial charge in [0.1, 0.15) is 17.3 Å². The van der Waals surface area contributed by atoms with Gasteiger partial charge in [-0.3, -0.25) is 4.79 Å². The minimum atomic E-state index is -0.296. The molecule has 0 bridgehead atoms. The normalized spacial score (nSPS) is 15.3. The van der Waals surface area contributed by atoms with Crippen molar-refractivity contribution in [3.05, 3.63) is 53.7 Å². The number of amides is 1. The third kappa shape index (κ3) is 4.05. The van der Waals surface area contributed by atoms with E-state index in [-0.39, 0.29) is 17.4 Å². The fourth-order valence-electron chi connectivity index (χ4n) is 2.51. The van der Waals surface area contributed by atoms with Crippen LogP contribution in [0.15, 0.2) is 36.7 Å². The first-order valence-corrected chi connectivity index (χ1v) is 7.90. The van der Waals surface area contributed by atoms with Gasteiger partial charge in [0.2, 0.25) is 0 Å². The van der Waals surface area contributed by atoms with E-state index in [1.165, 1.54) is 18.3 Å². The zero-order valence-electron chi connectivity index (χ0n) is 13.6. The highest BCUT2D eigenvalue weighted by atomic mass is 19.1. The summed E-state index contributed by atoms with van der Waals surface area (Å²) in [4.78, 5) is 25.1. The fraction of sp³-hybridized carbons (Fsp3) is 0.353. The van der Waals surface area contributed by atoms with Crippen molar-refractivity contribution >= 4 is 11.7 Å². The smallest absolute Gasteiger partial charge is 0.271 e. The molecule has 0 atom stereocenters. The predicted octanol–water partition coefficient (Wildman–Crippen LogP) is 1.30. The monoisotopic (exact) mass is 329 g/mol. The second-order valence-corrected chi connectivity index (χ2v) is 5.86. The second-order valence-electron chi connectivity index (χ2n) is 5.86. The average molecular weight is 329 g/mol. The van der Waals surface area contributed by atoms with Crippen LogP contribution in [0.1, 0.15) is 16.1 Å². The molecule has 1 aromatic heterocycles. The Balaban J connectivity index is 1.56. The molecular weight excluding hydrogens is 309 g/mol. The number of nitrogens with zero attached hydrogens (tertiary/aromatic N) is 4. The van der Waals surface area contributed by atoms with Crippen molar-refractivity contribution in [1.82, 2.24) is 20.2 Å². The van der Waals surface area contributed by atoms with E-state index in [9.17, 15) is 9.18 Å². The molecule has 126 valence electrons. The van der Waals surface area contributed by atoms with Gasteiger partial charge in [-0.2, -0.15) is 0 Å². The summed E-state index contributed by atoms with van der Waals surface area (Å²) in [6.07, 6.45) is 3.13. The van der Waals surface area contributed by atoms with Crippen LogP contribution in [0, 0.1) is 5.82 Å². The van der Waals surface area contributed by atoms with Crippen molar-refractivity contribution in [1.29, 1.82) is 0 Å². The van der Waals surface area contributed by atoms with Gasteiger partial charge in [-0.25, -0.2) is 14.4 Å². The Kier molecular flexibility index (Phi) is 5.00. The van der Waals surface area contributed by atoms with Gasteiger partial charge >= 0.3 is 0 Å². The van der Waals surface area contributed by atoms with Crippen molar-refractivity contribution in [3.63, 3.8) is 0 Å². The molecule has 6 nitrogen and oxygen atoms in total. The van der Waals surface area contributed by atoms with Gasteiger partial charge in [0.05, 0.1) is 12.4 Å². The molecule has 1 amide bonds. The minimum absolute atomic E-state index is 0.273. The standard InChI is InChI=1S/C17H20FN5O/c1-22-6-8-23(9-7-22)16-12-19-15(11-20-16)17(24)21-10-13-2-4-14(18)5-3-13/h2-5,11-12H,6-10H2,1H3,(H,21,24). The molecule has 1 aliphatic rings. The number of piperazine rings is 1. The van der Waals surface area contributed by atoms with Crippen LogP contribution in [0.3, 0.4) is 0 Å². The van der Waals surface area contributed by atoms with Gasteiger partial charge in [-0.15, -0.1) is 0 Å². The third-order valence-electron chi connectivity index (χ3n) is 4.06. The number of rotatable bonds is 4. The first-order valence-electron chi connectivity index (χ1n) is 7.90. The number of anilines is 1. The topological polar surface area (TPSA) is 61.4 Å². The van der Waals surface area contributed by atoms with E-state index in [4.69, 9.17) is 0 Å². The van der Waals surface area contributed by atoms with E-state index in [1.54, 1.807) is 18.3 Å². The summed E-state index contributed by atoms with van der Waals surface area (Å²) in [7, 11) is 2.09. The molecule has 0 radical (unpaired) electrons. The molecule has 1 N–H and O–H groups in total. The number of hydrogen-bond donors (Lipinski definition) is 1. The van der Waals surface area contributed by atoms with Crippen LogP contribution >= 0.6 is 0 Å². The van der Waals surface area contributed by atoms with Crippen LogP contribution in [0.2, 0.25) is 0 Å². The van der Waals surface area contributed by atoms with Crippen LogP contribution < -0.4 is 10.2 Å². The Morgan fingerprint density at radius 3 is 2.46 bits per heavy atom. The molecule has 0 saturated carbocycles. The summed E-state index contributed by atoms with van der Waals surface area (Å²) in [5.74, 6) is 0.199. The lowest BCUT2D eigenvalue weighted by Crippen LogP contribution is -2.44. The summed E-state index contributed by atoms with van der Waals surface area (Å²) in [6.45, 7) is 4.10. The maximum absolute atomic E-state index is 12.9. The third-order valence-corrected chi connectivity index (χ3v) is 4.06. The van der Waals surface area contributed by atoms with Crippen molar-refractivity contribution in [2.24, 2.45) is 0 Å². The summed E-state index contributed by atoms with van der Waals surface area (Å²) >= 11 is 0. The highest BCUT2D eigenvalue weighted by Gasteiger charge is 2.16. The highest BCUT2D eigenvalue weighted by Crippen LogP contribution is 2.11. The lowest BCUT2D eigenvalue weighted by Gasteiger charge is -2.32. The van der Waals surface area contributed by atoms with Crippen LogP contribution in [-0.2, 0) is 6.54 Å². The van der Waals surface area contributed by atoms with E-state index in [0.717, 1.165) is 37.6 Å². The van der Waals surface area contributed by atoms with E-state index >= 15 is 0 Å². The second kappa shape index (κ2) is 7.35. The SMILES string of the molecule is CN1CCN(c2cnc(C(=O)NCc3ccc(F)cc3)cn2)CC1. The molecule has 3 rings (SSSR count). The predicted molar refractivity (Wildman–Crippen MR) is 89.3 cm³/mol. The minimum Gasteiger partial charge on any atom is -0.353 e. The van der Waals surface area contributed by atoms with Crippen LogP contribution in [0.25, 0.3) is 0 Å². The van der Waals surface area contributed by atoms with Crippen LogP contribution in [0.5, 0.6) is 0 Å². The van der Waals surface area contributed by atoms with Gasteiger partial charge in [-0.05, 0) is 24.7 Å². The molecule has 1 fully saturated rings. The Labute approximate surface area is 140 Å². The fourth-order valence-corrected chi connectivity index (χ4v) is 2.51. The van der Waals surface area contributed by atoms with E-state index in [1.807, 2.05) is 0 Å². The molecule has 2 heterocycles. The number of benzene rings is 1. The van der Waals surface area contributed by atoms with E-state index in [2.05, 4.69) is 32.1 Å². The molecule has 0 spiro atoms. The summed E-state index contributed by atoms with van der Waals surface area (Å²) in [5.41, 5.74) is 1.10. The zero-order chi connectivity index (χ0) is 16.9. The number of nitrogens with one attached hydrogen (secondary N) is 1. The number of hydrogen-bond acceptors (Lipinski definition) is 5. The molecule has 0 aliphatic carbocycles. The van der Waals surface area contributed by atoms with Crippen molar-refractivity contribution < 1.29 is 9.18 Å². The summed E-state index contributed by atoms with van der Waals surface area (Å²) < 4.78 is 12.9. The Morgan fingerprint density at radius 1 is 1.12 bits per heavy atom. The van der Waals surface area contributed by atoms with Gasteiger partial charge in [-0.1, -0.05) is 12.1 Å². The van der Waals surface area contributed by atoms with Gasteiger partial charge in [0.15, 0.2) is 0 Å². The number of likely N-dealkylation sites (N-methyl/N-ethyl adjacent to an activating group) is 1. The van der Waals surface area contributed by atoms with Crippen LogP contribution in [-0.4, -0.2) is 54.0 Å². The van der Waals surface area contributed by atoms with Gasteiger partial charge in [0.25, 0.3) is 5.91 Å². The molecule has 1 saturated heterocycles. The van der Waals surface area contributed by atoms with Crippen molar-refractivity contribution in [2.75, 3.05) is 38.1 Å². The number of aromatic nitrogens is 2. The van der Waals surface area contributed by atoms with Crippen molar-refractivity contribution in [2.45, 2.75) is 6.54 Å².